The maximum atomic E-state index is 4.40. The summed E-state index contributed by atoms with van der Waals surface area (Å²) < 4.78 is 2.16. The zero-order chi connectivity index (χ0) is 13.2. The molecule has 19 heavy (non-hydrogen) atoms. The molecule has 2 atom stereocenters. The van der Waals surface area contributed by atoms with Gasteiger partial charge in [0.2, 0.25) is 0 Å². The maximum Gasteiger partial charge on any atom is 0.154 e. The number of benzene rings is 1. The molecule has 2 heterocycles. The van der Waals surface area contributed by atoms with Gasteiger partial charge in [-0.05, 0) is 44.4 Å². The summed E-state index contributed by atoms with van der Waals surface area (Å²) in [5, 5.41) is 12.2. The van der Waals surface area contributed by atoms with Gasteiger partial charge < -0.3 is 5.32 Å². The van der Waals surface area contributed by atoms with Crippen LogP contribution in [0.4, 0.5) is 0 Å². The molecule has 1 aliphatic rings. The predicted octanol–water partition coefficient (Wildman–Crippen LogP) is 2.64. The number of nitrogens with one attached hydrogen (secondary N) is 1. The van der Waals surface area contributed by atoms with Crippen molar-refractivity contribution in [3.63, 3.8) is 0 Å². The van der Waals surface area contributed by atoms with Crippen LogP contribution < -0.4 is 5.32 Å². The van der Waals surface area contributed by atoms with E-state index in [-0.39, 0.29) is 0 Å². The van der Waals surface area contributed by atoms with E-state index in [9.17, 15) is 0 Å². The van der Waals surface area contributed by atoms with Gasteiger partial charge in [-0.3, -0.25) is 4.57 Å². The van der Waals surface area contributed by atoms with E-state index in [0.29, 0.717) is 6.04 Å². The van der Waals surface area contributed by atoms with Gasteiger partial charge in [0.25, 0.3) is 0 Å². The van der Waals surface area contributed by atoms with E-state index >= 15 is 0 Å². The van der Waals surface area contributed by atoms with Gasteiger partial charge in [-0.1, -0.05) is 25.1 Å². The van der Waals surface area contributed by atoms with Gasteiger partial charge >= 0.3 is 0 Å². The van der Waals surface area contributed by atoms with Gasteiger partial charge in [0.05, 0.1) is 6.04 Å². The molecule has 2 unspecified atom stereocenters. The summed E-state index contributed by atoms with van der Waals surface area (Å²) in [6, 6.07) is 10.7. The van der Waals surface area contributed by atoms with E-state index in [4.69, 9.17) is 0 Å². The maximum absolute atomic E-state index is 4.40. The Morgan fingerprint density at radius 2 is 2.00 bits per heavy atom. The molecule has 0 aliphatic carbocycles. The van der Waals surface area contributed by atoms with Crippen molar-refractivity contribution in [2.45, 2.75) is 32.7 Å². The number of rotatable bonds is 2. The number of aromatic nitrogens is 3. The van der Waals surface area contributed by atoms with Crippen molar-refractivity contribution in [1.82, 2.24) is 20.1 Å². The molecule has 0 amide bonds. The summed E-state index contributed by atoms with van der Waals surface area (Å²) >= 11 is 0. The van der Waals surface area contributed by atoms with Crippen LogP contribution in [-0.4, -0.2) is 21.3 Å². The highest BCUT2D eigenvalue weighted by atomic mass is 15.3. The summed E-state index contributed by atoms with van der Waals surface area (Å²) in [6.45, 7) is 5.38. The quantitative estimate of drug-likeness (QED) is 0.898. The van der Waals surface area contributed by atoms with E-state index in [1.807, 2.05) is 13.0 Å². The third kappa shape index (κ3) is 2.40. The highest BCUT2D eigenvalue weighted by molar-refractivity contribution is 5.34. The molecule has 1 fully saturated rings. The van der Waals surface area contributed by atoms with Gasteiger partial charge in [-0.15, -0.1) is 10.2 Å². The topological polar surface area (TPSA) is 42.7 Å². The number of piperidine rings is 1. The monoisotopic (exact) mass is 256 g/mol. The average Bonchev–Trinajstić information content (AvgIpc) is 2.82. The molecule has 1 aromatic heterocycles. The molecule has 1 saturated heterocycles. The first-order valence-electron chi connectivity index (χ1n) is 6.96. The van der Waals surface area contributed by atoms with Crippen LogP contribution in [0.3, 0.4) is 0 Å². The lowest BCUT2D eigenvalue weighted by Gasteiger charge is -2.27. The molecule has 4 nitrogen and oxygen atoms in total. The first kappa shape index (κ1) is 12.4. The summed E-state index contributed by atoms with van der Waals surface area (Å²) in [4.78, 5) is 0. The number of aryl methyl sites for hydroxylation is 1. The van der Waals surface area contributed by atoms with Crippen LogP contribution in [0, 0.1) is 12.8 Å². The first-order chi connectivity index (χ1) is 9.25. The van der Waals surface area contributed by atoms with Crippen LogP contribution in [0.15, 0.2) is 30.3 Å². The SMILES string of the molecule is Cc1nnc(C2CC(C)CCN2)n1-c1ccccc1. The molecule has 3 rings (SSSR count). The van der Waals surface area contributed by atoms with Crippen LogP contribution in [-0.2, 0) is 0 Å². The summed E-state index contributed by atoms with van der Waals surface area (Å²) in [7, 11) is 0. The van der Waals surface area contributed by atoms with Gasteiger partial charge in [0.1, 0.15) is 5.82 Å². The fourth-order valence-electron chi connectivity index (χ4n) is 2.80. The van der Waals surface area contributed by atoms with E-state index in [1.165, 1.54) is 6.42 Å². The second-order valence-electron chi connectivity index (χ2n) is 5.41. The van der Waals surface area contributed by atoms with E-state index in [2.05, 4.69) is 51.3 Å². The van der Waals surface area contributed by atoms with E-state index in [1.54, 1.807) is 0 Å². The third-order valence-electron chi connectivity index (χ3n) is 3.84. The lowest BCUT2D eigenvalue weighted by molar-refractivity contribution is 0.313. The Bertz CT molecular complexity index is 547. The normalized spacial score (nSPS) is 23.5. The van der Waals surface area contributed by atoms with Crippen LogP contribution in [0.1, 0.15) is 37.5 Å². The largest absolute Gasteiger partial charge is 0.307 e. The minimum atomic E-state index is 0.310. The highest BCUT2D eigenvalue weighted by Gasteiger charge is 2.25. The molecule has 0 spiro atoms. The van der Waals surface area contributed by atoms with Crippen molar-refractivity contribution >= 4 is 0 Å². The number of nitrogens with zero attached hydrogens (tertiary/aromatic N) is 3. The number of hydrogen-bond donors (Lipinski definition) is 1. The Balaban J connectivity index is 1.99. The molecule has 0 bridgehead atoms. The Morgan fingerprint density at radius 3 is 2.74 bits per heavy atom. The van der Waals surface area contributed by atoms with Crippen molar-refractivity contribution in [1.29, 1.82) is 0 Å². The fraction of sp³-hybridized carbons (Fsp3) is 0.467. The molecule has 100 valence electrons. The predicted molar refractivity (Wildman–Crippen MR) is 75.2 cm³/mol. The van der Waals surface area contributed by atoms with Gasteiger partial charge in [-0.25, -0.2) is 0 Å². The third-order valence-corrected chi connectivity index (χ3v) is 3.84. The van der Waals surface area contributed by atoms with Crippen molar-refractivity contribution in [3.05, 3.63) is 42.0 Å². The van der Waals surface area contributed by atoms with Crippen LogP contribution in [0.25, 0.3) is 5.69 Å². The molecule has 2 aromatic rings. The minimum Gasteiger partial charge on any atom is -0.307 e. The van der Waals surface area contributed by atoms with Crippen LogP contribution in [0.5, 0.6) is 0 Å². The fourth-order valence-corrected chi connectivity index (χ4v) is 2.80. The van der Waals surface area contributed by atoms with Crippen LogP contribution >= 0.6 is 0 Å². The lowest BCUT2D eigenvalue weighted by atomic mass is 9.94. The molecule has 4 heteroatoms. The van der Waals surface area contributed by atoms with Gasteiger partial charge in [-0.2, -0.15) is 0 Å². The number of para-hydroxylation sites is 1. The van der Waals surface area contributed by atoms with Crippen molar-refractivity contribution in [2.75, 3.05) is 6.54 Å². The summed E-state index contributed by atoms with van der Waals surface area (Å²) in [6.07, 6.45) is 2.37. The molecular weight excluding hydrogens is 236 g/mol. The Kier molecular flexibility index (Phi) is 3.34. The second kappa shape index (κ2) is 5.13. The Morgan fingerprint density at radius 1 is 1.21 bits per heavy atom. The lowest BCUT2D eigenvalue weighted by Crippen LogP contribution is -2.32. The first-order valence-corrected chi connectivity index (χ1v) is 6.96. The smallest absolute Gasteiger partial charge is 0.154 e. The van der Waals surface area contributed by atoms with Gasteiger partial charge in [0.15, 0.2) is 5.82 Å². The van der Waals surface area contributed by atoms with E-state index in [0.717, 1.165) is 36.2 Å². The zero-order valence-corrected chi connectivity index (χ0v) is 11.5. The van der Waals surface area contributed by atoms with Gasteiger partial charge in [0, 0.05) is 5.69 Å². The second-order valence-corrected chi connectivity index (χ2v) is 5.41. The van der Waals surface area contributed by atoms with Crippen LogP contribution in [0.2, 0.25) is 0 Å². The standard InChI is InChI=1S/C15H20N4/c1-11-8-9-16-14(10-11)15-18-17-12(2)19(15)13-6-4-3-5-7-13/h3-7,11,14,16H,8-10H2,1-2H3. The minimum absolute atomic E-state index is 0.310. The number of hydrogen-bond acceptors (Lipinski definition) is 3. The molecule has 1 aromatic carbocycles. The molecular formula is C15H20N4. The zero-order valence-electron chi connectivity index (χ0n) is 11.5. The molecule has 1 N–H and O–H groups in total. The van der Waals surface area contributed by atoms with Crippen molar-refractivity contribution in [3.8, 4) is 5.69 Å². The molecule has 0 radical (unpaired) electrons. The highest BCUT2D eigenvalue weighted by Crippen LogP contribution is 2.27. The summed E-state index contributed by atoms with van der Waals surface area (Å²) in [5.74, 6) is 2.73. The molecule has 0 saturated carbocycles. The summed E-state index contributed by atoms with van der Waals surface area (Å²) in [5.41, 5.74) is 1.14. The molecule has 1 aliphatic heterocycles. The van der Waals surface area contributed by atoms with Crippen molar-refractivity contribution < 1.29 is 0 Å². The Hall–Kier alpha value is -1.68. The van der Waals surface area contributed by atoms with Crippen molar-refractivity contribution in [2.24, 2.45) is 5.92 Å². The van der Waals surface area contributed by atoms with E-state index < -0.39 is 0 Å². The Labute approximate surface area is 113 Å². The average molecular weight is 256 g/mol.